The lowest BCUT2D eigenvalue weighted by Crippen LogP contribution is -2.50. The molecule has 3 nitrogen and oxygen atoms in total. The van der Waals surface area contributed by atoms with Crippen LogP contribution in [0.25, 0.3) is 0 Å². The Hall–Kier alpha value is -1.06. The van der Waals surface area contributed by atoms with Crippen LogP contribution in [0.4, 0.5) is 0 Å². The molecule has 0 amide bonds. The fourth-order valence-corrected chi connectivity index (χ4v) is 3.27. The summed E-state index contributed by atoms with van der Waals surface area (Å²) in [7, 11) is 0. The number of rotatable bonds is 4. The number of carboxylic acids is 1. The van der Waals surface area contributed by atoms with Crippen LogP contribution in [-0.4, -0.2) is 28.1 Å². The number of halogens is 1. The fraction of sp³-hybridized carbons (Fsp3) is 0.533. The zero-order valence-corrected chi connectivity index (χ0v) is 12.2. The van der Waals surface area contributed by atoms with E-state index in [1.54, 1.807) is 0 Å². The molecule has 1 aromatic carbocycles. The molecule has 1 aromatic rings. The second-order valence-corrected chi connectivity index (χ2v) is 5.65. The molecular weight excluding hydrogens is 262 g/mol. The molecule has 0 aromatic heterocycles. The Bertz CT molecular complexity index is 460. The number of carbonyl (C=O) groups is 1. The summed E-state index contributed by atoms with van der Waals surface area (Å²) >= 11 is 5.90. The van der Waals surface area contributed by atoms with Crippen LogP contribution in [0.2, 0.25) is 5.02 Å². The molecular formula is C15H20ClNO2. The number of benzene rings is 1. The second-order valence-electron chi connectivity index (χ2n) is 5.21. The third kappa shape index (κ3) is 2.49. The monoisotopic (exact) mass is 281 g/mol. The average molecular weight is 282 g/mol. The number of likely N-dealkylation sites (tertiary alicyclic amines) is 1. The molecule has 4 heteroatoms. The maximum Gasteiger partial charge on any atom is 0.324 e. The lowest BCUT2D eigenvalue weighted by atomic mass is 9.91. The van der Waals surface area contributed by atoms with Gasteiger partial charge in [-0.25, -0.2) is 0 Å². The summed E-state index contributed by atoms with van der Waals surface area (Å²) in [6, 6.07) is 7.77. The summed E-state index contributed by atoms with van der Waals surface area (Å²) in [5.41, 5.74) is 0.407. The average Bonchev–Trinajstić information content (AvgIpc) is 2.83. The van der Waals surface area contributed by atoms with Gasteiger partial charge in [-0.1, -0.05) is 30.7 Å². The highest BCUT2D eigenvalue weighted by Crippen LogP contribution is 2.39. The van der Waals surface area contributed by atoms with Crippen molar-refractivity contribution in [3.05, 3.63) is 34.9 Å². The van der Waals surface area contributed by atoms with E-state index in [0.29, 0.717) is 11.4 Å². The SMILES string of the molecule is CCC1(C(=O)O)CCCN1C(C)c1ccc(Cl)cc1. The van der Waals surface area contributed by atoms with E-state index < -0.39 is 11.5 Å². The zero-order valence-electron chi connectivity index (χ0n) is 11.4. The Morgan fingerprint density at radius 3 is 2.63 bits per heavy atom. The van der Waals surface area contributed by atoms with Gasteiger partial charge in [0.2, 0.25) is 0 Å². The second kappa shape index (κ2) is 5.51. The van der Waals surface area contributed by atoms with Crippen molar-refractivity contribution in [3.8, 4) is 0 Å². The first-order chi connectivity index (χ1) is 9.01. The lowest BCUT2D eigenvalue weighted by Gasteiger charge is -2.38. The molecule has 1 N–H and O–H groups in total. The van der Waals surface area contributed by atoms with Crippen LogP contribution in [-0.2, 0) is 4.79 Å². The predicted molar refractivity (Wildman–Crippen MR) is 76.5 cm³/mol. The molecule has 1 aliphatic rings. The van der Waals surface area contributed by atoms with Crippen molar-refractivity contribution >= 4 is 17.6 Å². The smallest absolute Gasteiger partial charge is 0.324 e. The maximum atomic E-state index is 11.7. The highest BCUT2D eigenvalue weighted by Gasteiger charge is 2.48. The number of hydrogen-bond acceptors (Lipinski definition) is 2. The fourth-order valence-electron chi connectivity index (χ4n) is 3.15. The van der Waals surface area contributed by atoms with Crippen molar-refractivity contribution in [2.75, 3.05) is 6.54 Å². The topological polar surface area (TPSA) is 40.5 Å². The van der Waals surface area contributed by atoms with Gasteiger partial charge in [0.25, 0.3) is 0 Å². The van der Waals surface area contributed by atoms with Crippen molar-refractivity contribution in [1.82, 2.24) is 4.90 Å². The van der Waals surface area contributed by atoms with E-state index >= 15 is 0 Å². The third-order valence-electron chi connectivity index (χ3n) is 4.34. The van der Waals surface area contributed by atoms with Crippen molar-refractivity contribution in [2.45, 2.75) is 44.7 Å². The minimum atomic E-state index is -0.709. The molecule has 0 saturated carbocycles. The van der Waals surface area contributed by atoms with Gasteiger partial charge in [0.05, 0.1) is 0 Å². The summed E-state index contributed by atoms with van der Waals surface area (Å²) in [5, 5.41) is 10.3. The third-order valence-corrected chi connectivity index (χ3v) is 4.59. The first kappa shape index (κ1) is 14.4. The standard InChI is InChI=1S/C15H20ClNO2/c1-3-15(14(18)19)9-4-10-17(15)11(2)12-5-7-13(16)8-6-12/h5-8,11H,3-4,9-10H2,1-2H3,(H,18,19). The van der Waals surface area contributed by atoms with Gasteiger partial charge in [-0.2, -0.15) is 0 Å². The van der Waals surface area contributed by atoms with Crippen LogP contribution in [0, 0.1) is 0 Å². The Balaban J connectivity index is 2.29. The van der Waals surface area contributed by atoms with E-state index in [2.05, 4.69) is 11.8 Å². The first-order valence-corrected chi connectivity index (χ1v) is 7.14. The number of aliphatic carboxylic acids is 1. The van der Waals surface area contributed by atoms with Gasteiger partial charge in [-0.3, -0.25) is 9.69 Å². The highest BCUT2D eigenvalue weighted by molar-refractivity contribution is 6.30. The molecule has 0 aliphatic carbocycles. The number of hydrogen-bond donors (Lipinski definition) is 1. The summed E-state index contributed by atoms with van der Waals surface area (Å²) in [6.45, 7) is 4.87. The normalized spacial score (nSPS) is 25.4. The van der Waals surface area contributed by atoms with Gasteiger partial charge in [0, 0.05) is 11.1 Å². The molecule has 0 bridgehead atoms. The van der Waals surface area contributed by atoms with Gasteiger partial charge < -0.3 is 5.11 Å². The Morgan fingerprint density at radius 2 is 2.11 bits per heavy atom. The number of nitrogens with zero attached hydrogens (tertiary/aromatic N) is 1. The van der Waals surface area contributed by atoms with E-state index in [1.165, 1.54) is 0 Å². The van der Waals surface area contributed by atoms with Gasteiger partial charge in [-0.05, 0) is 50.4 Å². The van der Waals surface area contributed by atoms with Crippen LogP contribution in [0.1, 0.15) is 44.7 Å². The highest BCUT2D eigenvalue weighted by atomic mass is 35.5. The number of carboxylic acid groups (broad SMARTS) is 1. The van der Waals surface area contributed by atoms with E-state index in [0.717, 1.165) is 24.9 Å². The quantitative estimate of drug-likeness (QED) is 0.914. The van der Waals surface area contributed by atoms with Gasteiger partial charge in [0.15, 0.2) is 0 Å². The zero-order chi connectivity index (χ0) is 14.0. The predicted octanol–water partition coefficient (Wildman–Crippen LogP) is 3.73. The molecule has 19 heavy (non-hydrogen) atoms. The van der Waals surface area contributed by atoms with Crippen molar-refractivity contribution < 1.29 is 9.90 Å². The van der Waals surface area contributed by atoms with Gasteiger partial charge in [0.1, 0.15) is 5.54 Å². The molecule has 1 heterocycles. The van der Waals surface area contributed by atoms with Crippen molar-refractivity contribution in [3.63, 3.8) is 0 Å². The summed E-state index contributed by atoms with van der Waals surface area (Å²) in [4.78, 5) is 13.8. The van der Waals surface area contributed by atoms with E-state index in [-0.39, 0.29) is 6.04 Å². The maximum absolute atomic E-state index is 11.7. The Morgan fingerprint density at radius 1 is 1.47 bits per heavy atom. The lowest BCUT2D eigenvalue weighted by molar-refractivity contribution is -0.151. The van der Waals surface area contributed by atoms with Gasteiger partial charge >= 0.3 is 5.97 Å². The molecule has 2 unspecified atom stereocenters. The summed E-state index contributed by atoms with van der Waals surface area (Å²) in [6.07, 6.45) is 2.31. The van der Waals surface area contributed by atoms with Crippen LogP contribution in [0.15, 0.2) is 24.3 Å². The summed E-state index contributed by atoms with van der Waals surface area (Å²) in [5.74, 6) is -0.701. The van der Waals surface area contributed by atoms with Crippen LogP contribution in [0.3, 0.4) is 0 Å². The van der Waals surface area contributed by atoms with E-state index in [9.17, 15) is 9.90 Å². The van der Waals surface area contributed by atoms with Crippen LogP contribution in [0.5, 0.6) is 0 Å². The first-order valence-electron chi connectivity index (χ1n) is 6.77. The van der Waals surface area contributed by atoms with Crippen molar-refractivity contribution in [1.29, 1.82) is 0 Å². The molecule has 1 fully saturated rings. The Kier molecular flexibility index (Phi) is 4.16. The van der Waals surface area contributed by atoms with Gasteiger partial charge in [-0.15, -0.1) is 0 Å². The largest absolute Gasteiger partial charge is 0.480 e. The molecule has 2 atom stereocenters. The van der Waals surface area contributed by atoms with Crippen molar-refractivity contribution in [2.24, 2.45) is 0 Å². The van der Waals surface area contributed by atoms with E-state index in [4.69, 9.17) is 11.6 Å². The molecule has 1 saturated heterocycles. The molecule has 2 rings (SSSR count). The Labute approximate surface area is 119 Å². The van der Waals surface area contributed by atoms with Crippen LogP contribution < -0.4 is 0 Å². The molecule has 0 spiro atoms. The summed E-state index contributed by atoms with van der Waals surface area (Å²) < 4.78 is 0. The molecule has 1 aliphatic heterocycles. The van der Waals surface area contributed by atoms with E-state index in [1.807, 2.05) is 31.2 Å². The molecule has 0 radical (unpaired) electrons. The minimum absolute atomic E-state index is 0.0933. The molecule has 104 valence electrons. The minimum Gasteiger partial charge on any atom is -0.480 e. The van der Waals surface area contributed by atoms with Crippen LogP contribution >= 0.6 is 11.6 Å².